The van der Waals surface area contributed by atoms with Crippen molar-refractivity contribution in [2.24, 2.45) is 7.05 Å². The molecule has 0 saturated carbocycles. The minimum atomic E-state index is -0.569. The van der Waals surface area contributed by atoms with Crippen molar-refractivity contribution in [1.82, 2.24) is 20.4 Å². The van der Waals surface area contributed by atoms with Gasteiger partial charge in [-0.05, 0) is 32.0 Å². The number of rotatable bonds is 5. The Morgan fingerprint density at radius 3 is 2.81 bits per heavy atom. The molecule has 1 fully saturated rings. The Balaban J connectivity index is 1.73. The van der Waals surface area contributed by atoms with Gasteiger partial charge in [0.1, 0.15) is 12.1 Å². The van der Waals surface area contributed by atoms with E-state index in [9.17, 15) is 9.59 Å². The molecule has 1 saturated heterocycles. The molecule has 0 aliphatic carbocycles. The third-order valence-corrected chi connectivity index (χ3v) is 4.83. The molecule has 2 atom stereocenters. The lowest BCUT2D eigenvalue weighted by Crippen LogP contribution is -2.54. The van der Waals surface area contributed by atoms with Crippen molar-refractivity contribution in [3.05, 3.63) is 47.2 Å². The van der Waals surface area contributed by atoms with Gasteiger partial charge in [-0.2, -0.15) is 5.10 Å². The van der Waals surface area contributed by atoms with E-state index in [0.717, 1.165) is 12.0 Å². The van der Waals surface area contributed by atoms with Gasteiger partial charge in [0.05, 0.1) is 16.9 Å². The largest absolute Gasteiger partial charge is 0.343 e. The summed E-state index contributed by atoms with van der Waals surface area (Å²) < 4.78 is 1.64. The van der Waals surface area contributed by atoms with Crippen LogP contribution >= 0.6 is 11.6 Å². The summed E-state index contributed by atoms with van der Waals surface area (Å²) in [5.74, 6) is -0.390. The van der Waals surface area contributed by atoms with E-state index in [2.05, 4.69) is 15.7 Å². The van der Waals surface area contributed by atoms with Crippen LogP contribution < -0.4 is 15.5 Å². The van der Waals surface area contributed by atoms with Gasteiger partial charge in [-0.3, -0.25) is 14.3 Å². The van der Waals surface area contributed by atoms with Crippen molar-refractivity contribution < 1.29 is 9.59 Å². The number of aromatic nitrogens is 2. The van der Waals surface area contributed by atoms with Gasteiger partial charge in [-0.1, -0.05) is 23.7 Å². The first kappa shape index (κ1) is 18.4. The number of nitrogens with zero attached hydrogens (tertiary/aromatic N) is 3. The van der Waals surface area contributed by atoms with Crippen LogP contribution in [-0.2, 0) is 16.6 Å². The molecule has 2 aromatic rings. The zero-order valence-corrected chi connectivity index (χ0v) is 15.5. The first-order valence-electron chi connectivity index (χ1n) is 8.53. The summed E-state index contributed by atoms with van der Waals surface area (Å²) >= 11 is 6.23. The highest BCUT2D eigenvalue weighted by Gasteiger charge is 2.33. The highest BCUT2D eigenvalue weighted by molar-refractivity contribution is 6.33. The molecule has 2 heterocycles. The number of halogens is 1. The number of amides is 2. The number of para-hydroxylation sites is 1. The van der Waals surface area contributed by atoms with Crippen molar-refractivity contribution in [3.63, 3.8) is 0 Å². The summed E-state index contributed by atoms with van der Waals surface area (Å²) in [6.45, 7) is 0.590. The molecular weight excluding hydrogens is 354 g/mol. The maximum atomic E-state index is 12.9. The lowest BCUT2D eigenvalue weighted by molar-refractivity contribution is -0.129. The standard InChI is InChI=1S/C18H22ClN5O2/c1-20-16(12-10-21-23(2)11-12)17(25)22-14-7-5-9-24(18(14)26)15-8-4-3-6-13(15)19/h3-4,6,8,10-11,14,16,20H,5,7,9H2,1-2H3,(H,22,25). The Morgan fingerprint density at radius 2 is 2.15 bits per heavy atom. The molecule has 7 nitrogen and oxygen atoms in total. The molecule has 2 N–H and O–H groups in total. The predicted molar refractivity (Wildman–Crippen MR) is 100.0 cm³/mol. The summed E-state index contributed by atoms with van der Waals surface area (Å²) in [5.41, 5.74) is 1.43. The number of aryl methyl sites for hydroxylation is 1. The zero-order valence-electron chi connectivity index (χ0n) is 14.8. The first-order chi connectivity index (χ1) is 12.5. The molecule has 2 amide bonds. The summed E-state index contributed by atoms with van der Waals surface area (Å²) in [4.78, 5) is 27.2. The molecular formula is C18H22ClN5O2. The van der Waals surface area contributed by atoms with Crippen LogP contribution in [0.5, 0.6) is 0 Å². The molecule has 1 aliphatic rings. The third-order valence-electron chi connectivity index (χ3n) is 4.51. The number of carbonyl (C=O) groups is 2. The second-order valence-electron chi connectivity index (χ2n) is 6.31. The van der Waals surface area contributed by atoms with Crippen LogP contribution in [-0.4, -0.2) is 41.2 Å². The first-order valence-corrected chi connectivity index (χ1v) is 8.91. The quantitative estimate of drug-likeness (QED) is 0.832. The number of hydrogen-bond donors (Lipinski definition) is 2. The highest BCUT2D eigenvalue weighted by atomic mass is 35.5. The molecule has 0 radical (unpaired) electrons. The highest BCUT2D eigenvalue weighted by Crippen LogP contribution is 2.28. The number of anilines is 1. The van der Waals surface area contributed by atoms with Crippen molar-refractivity contribution >= 4 is 29.1 Å². The fraction of sp³-hybridized carbons (Fsp3) is 0.389. The maximum Gasteiger partial charge on any atom is 0.249 e. The average Bonchev–Trinajstić information content (AvgIpc) is 3.04. The number of piperidine rings is 1. The number of likely N-dealkylation sites (N-methyl/N-ethyl adjacent to an activating group) is 1. The smallest absolute Gasteiger partial charge is 0.249 e. The van der Waals surface area contributed by atoms with Crippen molar-refractivity contribution in [3.8, 4) is 0 Å². The summed E-state index contributed by atoms with van der Waals surface area (Å²) in [6.07, 6.45) is 4.81. The Bertz CT molecular complexity index is 806. The fourth-order valence-electron chi connectivity index (χ4n) is 3.21. The molecule has 2 unspecified atom stereocenters. The van der Waals surface area contributed by atoms with Gasteiger partial charge in [0.2, 0.25) is 11.8 Å². The summed E-state index contributed by atoms with van der Waals surface area (Å²) in [5, 5.41) is 10.5. The van der Waals surface area contributed by atoms with Gasteiger partial charge in [-0.25, -0.2) is 0 Å². The number of benzene rings is 1. The van der Waals surface area contributed by atoms with E-state index in [1.807, 2.05) is 18.2 Å². The SMILES string of the molecule is CNC(C(=O)NC1CCCN(c2ccccc2Cl)C1=O)c1cnn(C)c1. The van der Waals surface area contributed by atoms with Crippen LogP contribution in [0.1, 0.15) is 24.4 Å². The summed E-state index contributed by atoms with van der Waals surface area (Å²) in [6, 6.07) is 6.11. The molecule has 26 heavy (non-hydrogen) atoms. The zero-order chi connectivity index (χ0) is 18.7. The van der Waals surface area contributed by atoms with Crippen LogP contribution in [0.4, 0.5) is 5.69 Å². The summed E-state index contributed by atoms with van der Waals surface area (Å²) in [7, 11) is 3.50. The van der Waals surface area contributed by atoms with Crippen LogP contribution in [0.15, 0.2) is 36.7 Å². The van der Waals surface area contributed by atoms with E-state index >= 15 is 0 Å². The van der Waals surface area contributed by atoms with Crippen molar-refractivity contribution in [2.45, 2.75) is 24.9 Å². The van der Waals surface area contributed by atoms with Crippen molar-refractivity contribution in [1.29, 1.82) is 0 Å². The normalized spacial score (nSPS) is 18.7. The van der Waals surface area contributed by atoms with Crippen LogP contribution in [0, 0.1) is 0 Å². The van der Waals surface area contributed by atoms with E-state index in [0.29, 0.717) is 23.7 Å². The van der Waals surface area contributed by atoms with Gasteiger partial charge >= 0.3 is 0 Å². The third kappa shape index (κ3) is 3.73. The lowest BCUT2D eigenvalue weighted by atomic mass is 10.0. The molecule has 1 aliphatic heterocycles. The predicted octanol–water partition coefficient (Wildman–Crippen LogP) is 1.65. The molecule has 3 rings (SSSR count). The Morgan fingerprint density at radius 1 is 1.38 bits per heavy atom. The Labute approximate surface area is 157 Å². The minimum absolute atomic E-state index is 0.140. The van der Waals surface area contributed by atoms with Crippen LogP contribution in [0.2, 0.25) is 5.02 Å². The topological polar surface area (TPSA) is 79.3 Å². The molecule has 1 aromatic carbocycles. The van der Waals surface area contributed by atoms with E-state index in [4.69, 9.17) is 11.6 Å². The number of hydrogen-bond acceptors (Lipinski definition) is 4. The van der Waals surface area contributed by atoms with Gasteiger partial charge in [0.15, 0.2) is 0 Å². The fourth-order valence-corrected chi connectivity index (χ4v) is 3.45. The number of nitrogens with one attached hydrogen (secondary N) is 2. The minimum Gasteiger partial charge on any atom is -0.343 e. The molecule has 0 bridgehead atoms. The lowest BCUT2D eigenvalue weighted by Gasteiger charge is -2.33. The van der Waals surface area contributed by atoms with Crippen LogP contribution in [0.25, 0.3) is 0 Å². The van der Waals surface area contributed by atoms with E-state index < -0.39 is 12.1 Å². The Kier molecular flexibility index (Phi) is 5.58. The Hall–Kier alpha value is -2.38. The second kappa shape index (κ2) is 7.88. The number of carbonyl (C=O) groups excluding carboxylic acids is 2. The van der Waals surface area contributed by atoms with Crippen molar-refractivity contribution in [2.75, 3.05) is 18.5 Å². The van der Waals surface area contributed by atoms with Crippen LogP contribution in [0.3, 0.4) is 0 Å². The van der Waals surface area contributed by atoms with Gasteiger partial charge in [-0.15, -0.1) is 0 Å². The monoisotopic (exact) mass is 375 g/mol. The van der Waals surface area contributed by atoms with Gasteiger partial charge in [0, 0.05) is 25.4 Å². The molecule has 1 aromatic heterocycles. The van der Waals surface area contributed by atoms with E-state index in [-0.39, 0.29) is 11.8 Å². The maximum absolute atomic E-state index is 12.9. The molecule has 0 spiro atoms. The molecule has 138 valence electrons. The average molecular weight is 376 g/mol. The van der Waals surface area contributed by atoms with Gasteiger partial charge < -0.3 is 15.5 Å². The van der Waals surface area contributed by atoms with E-state index in [1.54, 1.807) is 42.1 Å². The molecule has 8 heteroatoms. The van der Waals surface area contributed by atoms with Gasteiger partial charge in [0.25, 0.3) is 0 Å². The second-order valence-corrected chi connectivity index (χ2v) is 6.72. The van der Waals surface area contributed by atoms with E-state index in [1.165, 1.54) is 0 Å².